The van der Waals surface area contributed by atoms with E-state index < -0.39 is 18.1 Å². The number of para-hydroxylation sites is 1. The van der Waals surface area contributed by atoms with Gasteiger partial charge < -0.3 is 10.2 Å². The van der Waals surface area contributed by atoms with Gasteiger partial charge in [0.2, 0.25) is 5.91 Å². The molecule has 29 heavy (non-hydrogen) atoms. The van der Waals surface area contributed by atoms with Crippen LogP contribution >= 0.6 is 0 Å². The van der Waals surface area contributed by atoms with Crippen LogP contribution < -0.4 is 15.6 Å². The quantitative estimate of drug-likeness (QED) is 0.763. The van der Waals surface area contributed by atoms with E-state index in [0.29, 0.717) is 18.8 Å². The van der Waals surface area contributed by atoms with Gasteiger partial charge in [0.1, 0.15) is 6.54 Å². The summed E-state index contributed by atoms with van der Waals surface area (Å²) in [6.45, 7) is 4.67. The van der Waals surface area contributed by atoms with Crippen LogP contribution in [0.5, 0.6) is 0 Å². The Kier molecular flexibility index (Phi) is 4.94. The number of fused-ring (bicyclic) bond motifs is 1. The van der Waals surface area contributed by atoms with E-state index in [0.717, 1.165) is 21.8 Å². The lowest BCUT2D eigenvalue weighted by atomic mass is 10.1. The molecule has 1 unspecified atom stereocenters. The fourth-order valence-corrected chi connectivity index (χ4v) is 3.71. The average Bonchev–Trinajstić information content (AvgIpc) is 3.12. The van der Waals surface area contributed by atoms with E-state index in [1.165, 1.54) is 4.90 Å². The Morgan fingerprint density at radius 3 is 2.48 bits per heavy atom. The van der Waals surface area contributed by atoms with Gasteiger partial charge in [-0.15, -0.1) is 0 Å². The van der Waals surface area contributed by atoms with Gasteiger partial charge in [-0.2, -0.15) is 5.43 Å². The third-order valence-corrected chi connectivity index (χ3v) is 5.18. The first-order valence-corrected chi connectivity index (χ1v) is 9.51. The highest BCUT2D eigenvalue weighted by molar-refractivity contribution is 6.35. The smallest absolute Gasteiger partial charge is 0.326 e. The van der Waals surface area contributed by atoms with E-state index in [4.69, 9.17) is 0 Å². The Morgan fingerprint density at radius 2 is 1.76 bits per heavy atom. The topological polar surface area (TPSA) is 85.0 Å². The molecule has 3 amide bonds. The summed E-state index contributed by atoms with van der Waals surface area (Å²) in [4.78, 5) is 41.1. The van der Waals surface area contributed by atoms with Gasteiger partial charge >= 0.3 is 11.8 Å². The minimum atomic E-state index is -0.730. The summed E-state index contributed by atoms with van der Waals surface area (Å²) in [5.74, 6) is -1.71. The summed E-state index contributed by atoms with van der Waals surface area (Å²) in [5, 5.41) is 3.91. The van der Waals surface area contributed by atoms with Gasteiger partial charge in [-0.25, -0.2) is 0 Å². The number of nitrogens with one attached hydrogen (secondary N) is 2. The number of amides is 3. The normalized spacial score (nSPS) is 18.8. The van der Waals surface area contributed by atoms with Gasteiger partial charge in [0.05, 0.1) is 0 Å². The van der Waals surface area contributed by atoms with Crippen LogP contribution in [0.2, 0.25) is 0 Å². The molecule has 2 heterocycles. The van der Waals surface area contributed by atoms with Crippen molar-refractivity contribution in [2.75, 3.05) is 29.9 Å². The van der Waals surface area contributed by atoms with Crippen LogP contribution in [0.15, 0.2) is 48.5 Å². The predicted molar refractivity (Wildman–Crippen MR) is 109 cm³/mol. The van der Waals surface area contributed by atoms with E-state index in [1.807, 2.05) is 67.3 Å². The second-order valence-corrected chi connectivity index (χ2v) is 7.29. The van der Waals surface area contributed by atoms with Gasteiger partial charge in [0.25, 0.3) is 0 Å². The molecule has 0 radical (unpaired) electrons. The molecule has 0 bridgehead atoms. The third-order valence-electron chi connectivity index (χ3n) is 5.18. The molecular formula is C21H23N5O3. The highest BCUT2D eigenvalue weighted by Gasteiger charge is 2.45. The minimum Gasteiger partial charge on any atom is -0.336 e. The standard InChI is InChI=1S/C21H23N5O3/c1-14-8-9-17(15(2)12-14)22-18(27)13-26-20(29)19(28)25-11-10-24(21(25)23-26)16-6-4-3-5-7-16/h3-9,12,21,23H,10-11,13H2,1-2H3,(H,22,27). The molecule has 2 saturated heterocycles. The second kappa shape index (κ2) is 7.56. The average molecular weight is 393 g/mol. The minimum absolute atomic E-state index is 0.259. The Hall–Kier alpha value is -3.39. The van der Waals surface area contributed by atoms with Gasteiger partial charge in [-0.05, 0) is 37.6 Å². The number of nitrogens with zero attached hydrogens (tertiary/aromatic N) is 3. The van der Waals surface area contributed by atoms with Crippen molar-refractivity contribution >= 4 is 29.1 Å². The molecule has 2 aromatic rings. The Balaban J connectivity index is 1.48. The Bertz CT molecular complexity index is 962. The number of rotatable bonds is 4. The number of hydrogen-bond acceptors (Lipinski definition) is 5. The molecule has 2 aromatic carbocycles. The molecule has 0 saturated carbocycles. The molecule has 0 spiro atoms. The number of aryl methyl sites for hydroxylation is 2. The van der Waals surface area contributed by atoms with E-state index in [1.54, 1.807) is 0 Å². The molecule has 8 heteroatoms. The van der Waals surface area contributed by atoms with E-state index >= 15 is 0 Å². The molecule has 0 aromatic heterocycles. The third kappa shape index (κ3) is 3.66. The first-order chi connectivity index (χ1) is 13.9. The van der Waals surface area contributed by atoms with Crippen molar-refractivity contribution in [3.05, 3.63) is 59.7 Å². The lowest BCUT2D eigenvalue weighted by molar-refractivity contribution is -0.163. The molecule has 2 aliphatic heterocycles. The summed E-state index contributed by atoms with van der Waals surface area (Å²) >= 11 is 0. The van der Waals surface area contributed by atoms with Crippen LogP contribution in [-0.2, 0) is 14.4 Å². The van der Waals surface area contributed by atoms with Crippen LogP contribution in [0.4, 0.5) is 11.4 Å². The largest absolute Gasteiger partial charge is 0.336 e. The molecule has 1 atom stereocenters. The zero-order valence-electron chi connectivity index (χ0n) is 16.4. The number of anilines is 2. The fourth-order valence-electron chi connectivity index (χ4n) is 3.71. The summed E-state index contributed by atoms with van der Waals surface area (Å²) in [5.41, 5.74) is 6.70. The molecule has 2 aliphatic rings. The summed E-state index contributed by atoms with van der Waals surface area (Å²) in [7, 11) is 0. The van der Waals surface area contributed by atoms with Crippen LogP contribution in [0.3, 0.4) is 0 Å². The first-order valence-electron chi connectivity index (χ1n) is 9.51. The zero-order chi connectivity index (χ0) is 20.5. The fraction of sp³-hybridized carbons (Fsp3) is 0.286. The molecule has 4 rings (SSSR count). The number of carbonyl (C=O) groups excluding carboxylic acids is 3. The Labute approximate surface area is 169 Å². The summed E-state index contributed by atoms with van der Waals surface area (Å²) < 4.78 is 0. The van der Waals surface area contributed by atoms with Crippen LogP contribution in [0.25, 0.3) is 0 Å². The van der Waals surface area contributed by atoms with Gasteiger partial charge in [-0.1, -0.05) is 35.9 Å². The highest BCUT2D eigenvalue weighted by atomic mass is 16.2. The van der Waals surface area contributed by atoms with E-state index in [2.05, 4.69) is 10.7 Å². The zero-order valence-corrected chi connectivity index (χ0v) is 16.4. The van der Waals surface area contributed by atoms with Gasteiger partial charge in [0, 0.05) is 24.5 Å². The summed E-state index contributed by atoms with van der Waals surface area (Å²) in [6.07, 6.45) is -0.503. The lowest BCUT2D eigenvalue weighted by Crippen LogP contribution is -2.68. The SMILES string of the molecule is Cc1ccc(NC(=O)CN2NC3N(CCN3c3ccccc3)C(=O)C2=O)c(C)c1. The molecule has 2 N–H and O–H groups in total. The monoisotopic (exact) mass is 393 g/mol. The van der Waals surface area contributed by atoms with Crippen LogP contribution in [0.1, 0.15) is 11.1 Å². The molecule has 8 nitrogen and oxygen atoms in total. The molecular weight excluding hydrogens is 370 g/mol. The maximum absolute atomic E-state index is 12.6. The second-order valence-electron chi connectivity index (χ2n) is 7.29. The molecule has 150 valence electrons. The summed E-state index contributed by atoms with van der Waals surface area (Å²) in [6, 6.07) is 15.4. The number of carbonyl (C=O) groups is 3. The predicted octanol–water partition coefficient (Wildman–Crippen LogP) is 1.22. The van der Waals surface area contributed by atoms with Crippen LogP contribution in [0, 0.1) is 13.8 Å². The first kappa shape index (κ1) is 18.9. The maximum Gasteiger partial charge on any atom is 0.326 e. The van der Waals surface area contributed by atoms with Crippen LogP contribution in [-0.4, -0.2) is 53.6 Å². The van der Waals surface area contributed by atoms with E-state index in [-0.39, 0.29) is 12.5 Å². The van der Waals surface area contributed by atoms with Crippen molar-refractivity contribution in [2.45, 2.75) is 20.1 Å². The van der Waals surface area contributed by atoms with Crippen molar-refractivity contribution in [1.82, 2.24) is 15.3 Å². The van der Waals surface area contributed by atoms with Crippen molar-refractivity contribution in [1.29, 1.82) is 0 Å². The Morgan fingerprint density at radius 1 is 1.03 bits per heavy atom. The lowest BCUT2D eigenvalue weighted by Gasteiger charge is -2.40. The van der Waals surface area contributed by atoms with E-state index in [9.17, 15) is 14.4 Å². The van der Waals surface area contributed by atoms with Crippen molar-refractivity contribution in [2.24, 2.45) is 0 Å². The molecule has 0 aliphatic carbocycles. The number of hydrogen-bond donors (Lipinski definition) is 2. The number of benzene rings is 2. The van der Waals surface area contributed by atoms with Gasteiger partial charge in [0.15, 0.2) is 6.29 Å². The van der Waals surface area contributed by atoms with Gasteiger partial charge in [-0.3, -0.25) is 24.3 Å². The van der Waals surface area contributed by atoms with Crippen molar-refractivity contribution in [3.63, 3.8) is 0 Å². The van der Waals surface area contributed by atoms with Crippen molar-refractivity contribution < 1.29 is 14.4 Å². The molecule has 2 fully saturated rings. The maximum atomic E-state index is 12.6. The number of hydrazine groups is 1. The van der Waals surface area contributed by atoms with Crippen molar-refractivity contribution in [3.8, 4) is 0 Å². The highest BCUT2D eigenvalue weighted by Crippen LogP contribution is 2.25.